The van der Waals surface area contributed by atoms with Gasteiger partial charge >= 0.3 is 5.97 Å². The summed E-state index contributed by atoms with van der Waals surface area (Å²) in [5.74, 6) is -2.32. The van der Waals surface area contributed by atoms with Crippen LogP contribution in [0.4, 0.5) is 0 Å². The predicted octanol–water partition coefficient (Wildman–Crippen LogP) is 2.39. The number of unbranched alkanes of at least 4 members (excludes halogenated alkanes) is 1. The van der Waals surface area contributed by atoms with Gasteiger partial charge in [-0.25, -0.2) is 4.79 Å². The number of carboxylic acids is 1. The van der Waals surface area contributed by atoms with Gasteiger partial charge in [0.15, 0.2) is 5.96 Å². The number of carbonyl (C=O) groups excluding carboxylic acids is 1. The molecule has 0 bridgehead atoms. The zero-order valence-corrected chi connectivity index (χ0v) is 19.2. The van der Waals surface area contributed by atoms with Crippen LogP contribution in [0.15, 0.2) is 77.6 Å². The summed E-state index contributed by atoms with van der Waals surface area (Å²) in [4.78, 5) is 40.0. The number of carboxylic acid groups (broad SMARTS) is 1. The first kappa shape index (κ1) is 25.2. The van der Waals surface area contributed by atoms with Crippen LogP contribution in [-0.4, -0.2) is 40.5 Å². The number of nitrogens with one attached hydrogen (secondary N) is 4. The smallest absolute Gasteiger partial charge is 0.326 e. The van der Waals surface area contributed by atoms with Crippen LogP contribution in [-0.2, 0) is 4.79 Å². The molecule has 0 aliphatic heterocycles. The van der Waals surface area contributed by atoms with Crippen LogP contribution in [0, 0.1) is 5.41 Å². The number of aromatic nitrogens is 1. The zero-order chi connectivity index (χ0) is 25.2. The third kappa shape index (κ3) is 7.04. The van der Waals surface area contributed by atoms with E-state index in [0.717, 1.165) is 11.1 Å². The van der Waals surface area contributed by atoms with E-state index >= 15 is 0 Å². The molecule has 0 radical (unpaired) electrons. The number of guanidine groups is 1. The van der Waals surface area contributed by atoms with Crippen LogP contribution in [0.25, 0.3) is 0 Å². The van der Waals surface area contributed by atoms with Crippen LogP contribution >= 0.6 is 0 Å². The highest BCUT2D eigenvalue weighted by molar-refractivity contribution is 5.96. The van der Waals surface area contributed by atoms with E-state index in [1.54, 1.807) is 6.07 Å². The summed E-state index contributed by atoms with van der Waals surface area (Å²) in [6, 6.07) is 21.4. The van der Waals surface area contributed by atoms with E-state index in [1.165, 1.54) is 6.07 Å². The Hall–Kier alpha value is -4.40. The van der Waals surface area contributed by atoms with E-state index in [0.29, 0.717) is 25.1 Å². The van der Waals surface area contributed by atoms with E-state index in [2.05, 4.69) is 15.6 Å². The van der Waals surface area contributed by atoms with Gasteiger partial charge in [-0.15, -0.1) is 0 Å². The van der Waals surface area contributed by atoms with Gasteiger partial charge in [-0.05, 0) is 42.5 Å². The number of hydrogen-bond donors (Lipinski definition) is 6. The molecule has 9 nitrogen and oxygen atoms in total. The van der Waals surface area contributed by atoms with Gasteiger partial charge in [0.25, 0.3) is 11.5 Å². The van der Waals surface area contributed by atoms with Gasteiger partial charge in [-0.1, -0.05) is 60.7 Å². The van der Waals surface area contributed by atoms with Gasteiger partial charge in [0.2, 0.25) is 0 Å². The molecule has 7 N–H and O–H groups in total. The first-order chi connectivity index (χ1) is 16.9. The number of aliphatic carboxylic acids is 1. The van der Waals surface area contributed by atoms with Crippen molar-refractivity contribution in [3.8, 4) is 0 Å². The van der Waals surface area contributed by atoms with Crippen molar-refractivity contribution < 1.29 is 14.7 Å². The van der Waals surface area contributed by atoms with E-state index in [9.17, 15) is 19.5 Å². The van der Waals surface area contributed by atoms with E-state index in [-0.39, 0.29) is 23.9 Å². The average Bonchev–Trinajstić information content (AvgIpc) is 2.84. The molecule has 182 valence electrons. The molecule has 1 amide bonds. The average molecular weight is 476 g/mol. The van der Waals surface area contributed by atoms with Crippen molar-refractivity contribution in [1.29, 1.82) is 5.41 Å². The summed E-state index contributed by atoms with van der Waals surface area (Å²) in [6.07, 6.45) is 1.25. The predicted molar refractivity (Wildman–Crippen MR) is 134 cm³/mol. The molecule has 3 rings (SSSR count). The fourth-order valence-electron chi connectivity index (χ4n) is 3.87. The van der Waals surface area contributed by atoms with E-state index < -0.39 is 23.5 Å². The highest BCUT2D eigenvalue weighted by atomic mass is 16.4. The van der Waals surface area contributed by atoms with Crippen LogP contribution in [0.2, 0.25) is 0 Å². The minimum absolute atomic E-state index is 0.155. The molecule has 1 heterocycles. The number of H-pyrrole nitrogens is 1. The fourth-order valence-corrected chi connectivity index (χ4v) is 3.87. The van der Waals surface area contributed by atoms with Crippen molar-refractivity contribution >= 4 is 17.8 Å². The first-order valence-corrected chi connectivity index (χ1v) is 11.3. The molecule has 0 spiro atoms. The summed E-state index contributed by atoms with van der Waals surface area (Å²) in [6.45, 7) is 0.431. The van der Waals surface area contributed by atoms with Gasteiger partial charge in [0.05, 0.1) is 0 Å². The molecule has 35 heavy (non-hydrogen) atoms. The number of carbonyl (C=O) groups is 2. The largest absolute Gasteiger partial charge is 0.480 e. The lowest BCUT2D eigenvalue weighted by Gasteiger charge is -2.19. The van der Waals surface area contributed by atoms with Crippen LogP contribution in [0.5, 0.6) is 0 Å². The van der Waals surface area contributed by atoms with Gasteiger partial charge < -0.3 is 26.5 Å². The normalized spacial score (nSPS) is 11.6. The van der Waals surface area contributed by atoms with Crippen molar-refractivity contribution in [3.05, 3.63) is 106 Å². The monoisotopic (exact) mass is 475 g/mol. The minimum atomic E-state index is -1.18. The molecule has 2 aromatic carbocycles. The minimum Gasteiger partial charge on any atom is -0.480 e. The van der Waals surface area contributed by atoms with Gasteiger partial charge in [-0.3, -0.25) is 15.0 Å². The molecule has 1 atom stereocenters. The number of rotatable bonds is 11. The topological polar surface area (TPSA) is 161 Å². The third-order valence-corrected chi connectivity index (χ3v) is 5.59. The Bertz CT molecular complexity index is 1170. The molecule has 0 unspecified atom stereocenters. The van der Waals surface area contributed by atoms with E-state index in [1.807, 2.05) is 60.7 Å². The molecule has 9 heteroatoms. The second kappa shape index (κ2) is 12.2. The highest BCUT2D eigenvalue weighted by Gasteiger charge is 2.23. The van der Waals surface area contributed by atoms with Gasteiger partial charge in [-0.2, -0.15) is 0 Å². The quantitative estimate of drug-likeness (QED) is 0.142. The Labute approximate surface area is 202 Å². The van der Waals surface area contributed by atoms with Gasteiger partial charge in [0, 0.05) is 18.2 Å². The van der Waals surface area contributed by atoms with Crippen molar-refractivity contribution in [2.45, 2.75) is 31.2 Å². The van der Waals surface area contributed by atoms with Crippen molar-refractivity contribution in [1.82, 2.24) is 15.6 Å². The molecule has 0 saturated heterocycles. The number of hydrogen-bond acceptors (Lipinski definition) is 4. The summed E-state index contributed by atoms with van der Waals surface area (Å²) in [5.41, 5.74) is 7.05. The molecular weight excluding hydrogens is 446 g/mol. The summed E-state index contributed by atoms with van der Waals surface area (Å²) < 4.78 is 0. The Morgan fingerprint density at radius 1 is 0.943 bits per heavy atom. The highest BCUT2D eigenvalue weighted by Crippen LogP contribution is 2.30. The second-order valence-electron chi connectivity index (χ2n) is 8.11. The van der Waals surface area contributed by atoms with Crippen molar-refractivity contribution in [3.63, 3.8) is 0 Å². The summed E-state index contributed by atoms with van der Waals surface area (Å²) in [5, 5.41) is 21.7. The molecule has 0 fully saturated rings. The number of nitrogens with two attached hydrogens (primary N) is 1. The Morgan fingerprint density at radius 2 is 1.54 bits per heavy atom. The fraction of sp³-hybridized carbons (Fsp3) is 0.231. The number of pyridine rings is 1. The molecule has 0 aliphatic carbocycles. The number of benzene rings is 2. The lowest BCUT2D eigenvalue weighted by Crippen LogP contribution is -2.42. The van der Waals surface area contributed by atoms with Crippen molar-refractivity contribution in [2.24, 2.45) is 5.73 Å². The first-order valence-electron chi connectivity index (χ1n) is 11.3. The summed E-state index contributed by atoms with van der Waals surface area (Å²) in [7, 11) is 0. The SMILES string of the molecule is N=C(N)NCCCC[C@H](NC(=O)c1ccc(C(c2ccccc2)c2ccccc2)[nH]c1=O)C(=O)O. The number of aromatic amines is 1. The second-order valence-corrected chi connectivity index (χ2v) is 8.11. The maximum absolute atomic E-state index is 12.9. The lowest BCUT2D eigenvalue weighted by atomic mass is 9.88. The standard InChI is InChI=1S/C26H29N5O4/c27-26(28)29-16-8-7-13-21(25(34)35)31-24(33)19-14-15-20(30-23(19)32)22(17-9-3-1-4-10-17)18-11-5-2-6-12-18/h1-6,9-12,14-15,21-22H,7-8,13,16H2,(H,30,32)(H,31,33)(H,34,35)(H4,27,28,29)/t21-/m0/s1. The van der Waals surface area contributed by atoms with Crippen LogP contribution in [0.3, 0.4) is 0 Å². The molecule has 0 saturated carbocycles. The number of amides is 1. The van der Waals surface area contributed by atoms with Crippen LogP contribution in [0.1, 0.15) is 52.4 Å². The lowest BCUT2D eigenvalue weighted by molar-refractivity contribution is -0.139. The zero-order valence-electron chi connectivity index (χ0n) is 19.2. The van der Waals surface area contributed by atoms with Gasteiger partial charge in [0.1, 0.15) is 11.6 Å². The third-order valence-electron chi connectivity index (χ3n) is 5.59. The maximum Gasteiger partial charge on any atom is 0.326 e. The molecule has 3 aromatic rings. The van der Waals surface area contributed by atoms with E-state index in [4.69, 9.17) is 11.1 Å². The maximum atomic E-state index is 12.9. The molecule has 1 aromatic heterocycles. The Balaban J connectivity index is 1.77. The Morgan fingerprint density at radius 3 is 2.06 bits per heavy atom. The Kier molecular flexibility index (Phi) is 8.77. The molecular formula is C26H29N5O4. The van der Waals surface area contributed by atoms with Crippen molar-refractivity contribution in [2.75, 3.05) is 6.54 Å². The summed E-state index contributed by atoms with van der Waals surface area (Å²) >= 11 is 0. The molecule has 0 aliphatic rings. The van der Waals surface area contributed by atoms with Crippen LogP contribution < -0.4 is 21.9 Å².